The molecule has 0 unspecified atom stereocenters. The first-order valence-electron chi connectivity index (χ1n) is 8.00. The molecule has 0 aliphatic rings. The zero-order valence-electron chi connectivity index (χ0n) is 15.1. The van der Waals surface area contributed by atoms with Gasteiger partial charge in [0.2, 0.25) is 5.91 Å². The topological polar surface area (TPSA) is 56.7 Å². The average Bonchev–Trinajstić information content (AvgIpc) is 2.57. The molecule has 2 N–H and O–H groups in total. The highest BCUT2D eigenvalue weighted by Gasteiger charge is 2.07. The number of halogens is 2. The van der Waals surface area contributed by atoms with Crippen LogP contribution in [0, 0.1) is 0 Å². The zero-order chi connectivity index (χ0) is 18.2. The van der Waals surface area contributed by atoms with E-state index in [0.717, 1.165) is 34.3 Å². The molecule has 26 heavy (non-hydrogen) atoms. The van der Waals surface area contributed by atoms with Gasteiger partial charge in [-0.3, -0.25) is 9.79 Å². The Balaban J connectivity index is 0.00000338. The minimum absolute atomic E-state index is 0. The lowest BCUT2D eigenvalue weighted by Gasteiger charge is -2.22. The summed E-state index contributed by atoms with van der Waals surface area (Å²) in [7, 11) is 3.74. The van der Waals surface area contributed by atoms with E-state index in [1.54, 1.807) is 7.05 Å². The van der Waals surface area contributed by atoms with E-state index in [4.69, 9.17) is 11.6 Å². The molecule has 0 fully saturated rings. The molecule has 5 nitrogen and oxygen atoms in total. The number of nitrogens with one attached hydrogen (secondary N) is 2. The van der Waals surface area contributed by atoms with Gasteiger partial charge in [0.05, 0.1) is 0 Å². The molecular weight excluding hydrogens is 463 g/mol. The Morgan fingerprint density at radius 2 is 1.85 bits per heavy atom. The Labute approximate surface area is 176 Å². The fraction of sp³-hybridized carbons (Fsp3) is 0.263. The molecule has 7 heteroatoms. The molecule has 0 aliphatic heterocycles. The molecule has 0 atom stereocenters. The van der Waals surface area contributed by atoms with E-state index in [9.17, 15) is 4.79 Å². The summed E-state index contributed by atoms with van der Waals surface area (Å²) >= 11 is 5.92. The summed E-state index contributed by atoms with van der Waals surface area (Å²) in [5, 5.41) is 6.85. The Kier molecular flexibility index (Phi) is 9.43. The monoisotopic (exact) mass is 486 g/mol. The third-order valence-electron chi connectivity index (χ3n) is 3.60. The fourth-order valence-corrected chi connectivity index (χ4v) is 2.59. The van der Waals surface area contributed by atoms with Crippen molar-refractivity contribution in [3.63, 3.8) is 0 Å². The number of aliphatic imine (C=N–C) groups is 1. The summed E-state index contributed by atoms with van der Waals surface area (Å²) in [4.78, 5) is 17.5. The summed E-state index contributed by atoms with van der Waals surface area (Å²) < 4.78 is 0. The molecule has 2 aromatic carbocycles. The minimum Gasteiger partial charge on any atom is -0.352 e. The standard InChI is InChI=1S/C19H23ClN4O.HI/c1-14(25)23-18-6-4-5-16(11-18)12-22-19(21-2)24(3)13-15-7-9-17(20)10-8-15;/h4-11H,12-13H2,1-3H3,(H,21,22)(H,23,25);1H. The van der Waals surface area contributed by atoms with Crippen LogP contribution in [0.5, 0.6) is 0 Å². The Hall–Kier alpha value is -1.80. The lowest BCUT2D eigenvalue weighted by atomic mass is 10.2. The summed E-state index contributed by atoms with van der Waals surface area (Å²) in [5.74, 6) is 0.712. The van der Waals surface area contributed by atoms with E-state index >= 15 is 0 Å². The second-order valence-corrected chi connectivity index (χ2v) is 6.20. The highest BCUT2D eigenvalue weighted by molar-refractivity contribution is 14.0. The van der Waals surface area contributed by atoms with Gasteiger partial charge in [0, 0.05) is 44.8 Å². The van der Waals surface area contributed by atoms with Crippen molar-refractivity contribution in [2.24, 2.45) is 4.99 Å². The number of amides is 1. The van der Waals surface area contributed by atoms with Gasteiger partial charge in [-0.1, -0.05) is 35.9 Å². The molecule has 0 aromatic heterocycles. The van der Waals surface area contributed by atoms with Crippen molar-refractivity contribution in [3.05, 3.63) is 64.7 Å². The second-order valence-electron chi connectivity index (χ2n) is 5.76. The van der Waals surface area contributed by atoms with Crippen molar-refractivity contribution in [1.82, 2.24) is 10.2 Å². The van der Waals surface area contributed by atoms with Crippen LogP contribution in [0.3, 0.4) is 0 Å². The number of hydrogen-bond acceptors (Lipinski definition) is 2. The van der Waals surface area contributed by atoms with E-state index in [2.05, 4.69) is 15.6 Å². The first-order valence-corrected chi connectivity index (χ1v) is 8.38. The van der Waals surface area contributed by atoms with Crippen LogP contribution in [0.15, 0.2) is 53.5 Å². The molecule has 0 aliphatic carbocycles. The van der Waals surface area contributed by atoms with E-state index < -0.39 is 0 Å². The quantitative estimate of drug-likeness (QED) is 0.380. The maximum absolute atomic E-state index is 11.2. The number of rotatable bonds is 5. The second kappa shape index (κ2) is 11.0. The number of carbonyl (C=O) groups is 1. The van der Waals surface area contributed by atoms with Gasteiger partial charge in [-0.25, -0.2) is 0 Å². The van der Waals surface area contributed by atoms with E-state index in [-0.39, 0.29) is 29.9 Å². The van der Waals surface area contributed by atoms with Crippen LogP contribution in [-0.4, -0.2) is 30.9 Å². The van der Waals surface area contributed by atoms with Crippen molar-refractivity contribution >= 4 is 53.1 Å². The van der Waals surface area contributed by atoms with Crippen molar-refractivity contribution in [3.8, 4) is 0 Å². The SMILES string of the molecule is CN=C(NCc1cccc(NC(C)=O)c1)N(C)Cc1ccc(Cl)cc1.I. The lowest BCUT2D eigenvalue weighted by Crippen LogP contribution is -2.38. The maximum Gasteiger partial charge on any atom is 0.221 e. The Morgan fingerprint density at radius 3 is 2.46 bits per heavy atom. The third-order valence-corrected chi connectivity index (χ3v) is 3.86. The van der Waals surface area contributed by atoms with Crippen LogP contribution in [0.25, 0.3) is 0 Å². The highest BCUT2D eigenvalue weighted by atomic mass is 127. The normalized spacial score (nSPS) is 10.7. The van der Waals surface area contributed by atoms with Crippen molar-refractivity contribution in [2.75, 3.05) is 19.4 Å². The molecule has 0 radical (unpaired) electrons. The van der Waals surface area contributed by atoms with Crippen LogP contribution in [0.1, 0.15) is 18.1 Å². The van der Waals surface area contributed by atoms with Crippen LogP contribution in [0.4, 0.5) is 5.69 Å². The third kappa shape index (κ3) is 7.21. The Morgan fingerprint density at radius 1 is 1.15 bits per heavy atom. The molecule has 0 heterocycles. The maximum atomic E-state index is 11.2. The molecule has 140 valence electrons. The van der Waals surface area contributed by atoms with Crippen LogP contribution in [-0.2, 0) is 17.9 Å². The fourth-order valence-electron chi connectivity index (χ4n) is 2.47. The number of guanidine groups is 1. The zero-order valence-corrected chi connectivity index (χ0v) is 18.2. The average molecular weight is 487 g/mol. The number of nitrogens with zero attached hydrogens (tertiary/aromatic N) is 2. The van der Waals surface area contributed by atoms with Crippen LogP contribution < -0.4 is 10.6 Å². The minimum atomic E-state index is -0.0800. The van der Waals surface area contributed by atoms with Gasteiger partial charge in [0.1, 0.15) is 0 Å². The first kappa shape index (κ1) is 22.2. The lowest BCUT2D eigenvalue weighted by molar-refractivity contribution is -0.114. The largest absolute Gasteiger partial charge is 0.352 e. The van der Waals surface area contributed by atoms with Gasteiger partial charge < -0.3 is 15.5 Å². The van der Waals surface area contributed by atoms with Crippen molar-refractivity contribution in [1.29, 1.82) is 0 Å². The van der Waals surface area contributed by atoms with Crippen LogP contribution >= 0.6 is 35.6 Å². The van der Waals surface area contributed by atoms with Gasteiger partial charge >= 0.3 is 0 Å². The summed E-state index contributed by atoms with van der Waals surface area (Å²) in [6, 6.07) is 15.5. The van der Waals surface area contributed by atoms with E-state index in [1.807, 2.05) is 60.5 Å². The summed E-state index contributed by atoms with van der Waals surface area (Å²) in [6.07, 6.45) is 0. The molecule has 0 saturated heterocycles. The van der Waals surface area contributed by atoms with E-state index in [1.165, 1.54) is 6.92 Å². The number of carbonyl (C=O) groups excluding carboxylic acids is 1. The first-order chi connectivity index (χ1) is 12.0. The highest BCUT2D eigenvalue weighted by Crippen LogP contribution is 2.12. The molecule has 0 saturated carbocycles. The molecule has 0 spiro atoms. The number of hydrogen-bond donors (Lipinski definition) is 2. The molecule has 2 aromatic rings. The molecular formula is C19H24ClIN4O. The predicted octanol–water partition coefficient (Wildman–Crippen LogP) is 4.12. The molecule has 1 amide bonds. The smallest absolute Gasteiger partial charge is 0.221 e. The molecule has 0 bridgehead atoms. The predicted molar refractivity (Wildman–Crippen MR) is 119 cm³/mol. The van der Waals surface area contributed by atoms with Crippen LogP contribution in [0.2, 0.25) is 5.02 Å². The van der Waals surface area contributed by atoms with Gasteiger partial charge in [-0.15, -0.1) is 24.0 Å². The molecule has 2 rings (SSSR count). The van der Waals surface area contributed by atoms with Crippen molar-refractivity contribution in [2.45, 2.75) is 20.0 Å². The summed E-state index contributed by atoms with van der Waals surface area (Å²) in [5.41, 5.74) is 3.01. The van der Waals surface area contributed by atoms with E-state index in [0.29, 0.717) is 6.54 Å². The van der Waals surface area contributed by atoms with Gasteiger partial charge in [0.15, 0.2) is 5.96 Å². The number of anilines is 1. The number of benzene rings is 2. The van der Waals surface area contributed by atoms with Crippen molar-refractivity contribution < 1.29 is 4.79 Å². The van der Waals surface area contributed by atoms with Gasteiger partial charge in [0.25, 0.3) is 0 Å². The van der Waals surface area contributed by atoms with Gasteiger partial charge in [-0.05, 0) is 35.4 Å². The Bertz CT molecular complexity index is 749. The van der Waals surface area contributed by atoms with Gasteiger partial charge in [-0.2, -0.15) is 0 Å². The summed E-state index contributed by atoms with van der Waals surface area (Å²) in [6.45, 7) is 2.84.